The highest BCUT2D eigenvalue weighted by molar-refractivity contribution is 5.94. The third-order valence-electron chi connectivity index (χ3n) is 5.27. The van der Waals surface area contributed by atoms with E-state index in [1.54, 1.807) is 24.3 Å². The lowest BCUT2D eigenvalue weighted by molar-refractivity contribution is -0.119. The Labute approximate surface area is 183 Å². The number of aryl methyl sites for hydroxylation is 2. The summed E-state index contributed by atoms with van der Waals surface area (Å²) in [6.45, 7) is 6.21. The predicted molar refractivity (Wildman–Crippen MR) is 123 cm³/mol. The molecule has 0 bridgehead atoms. The molecule has 0 spiro atoms. The lowest BCUT2D eigenvalue weighted by Crippen LogP contribution is -2.37. The van der Waals surface area contributed by atoms with E-state index in [1.165, 1.54) is 6.92 Å². The van der Waals surface area contributed by atoms with Crippen LogP contribution in [-0.4, -0.2) is 41.8 Å². The Morgan fingerprint density at radius 2 is 1.45 bits per heavy atom. The number of carbonyl (C=O) groups is 3. The van der Waals surface area contributed by atoms with Crippen molar-refractivity contribution in [3.63, 3.8) is 0 Å². The van der Waals surface area contributed by atoms with Crippen LogP contribution in [0.3, 0.4) is 0 Å². The normalized spacial score (nSPS) is 13.0. The molecule has 3 amide bonds. The van der Waals surface area contributed by atoms with Crippen molar-refractivity contribution in [3.8, 4) is 0 Å². The third kappa shape index (κ3) is 6.93. The van der Waals surface area contributed by atoms with Gasteiger partial charge in [0.05, 0.1) is 6.54 Å². The zero-order valence-electron chi connectivity index (χ0n) is 18.3. The van der Waals surface area contributed by atoms with E-state index in [0.717, 1.165) is 29.7 Å². The molecule has 1 saturated carbocycles. The molecule has 0 unspecified atom stereocenters. The highest BCUT2D eigenvalue weighted by Crippen LogP contribution is 2.27. The van der Waals surface area contributed by atoms with E-state index in [9.17, 15) is 14.4 Å². The molecule has 0 heterocycles. The van der Waals surface area contributed by atoms with Crippen LogP contribution in [0.1, 0.15) is 37.3 Å². The molecule has 7 heteroatoms. The van der Waals surface area contributed by atoms with Gasteiger partial charge in [0.2, 0.25) is 17.7 Å². The number of nitrogens with one attached hydrogen (secondary N) is 3. The van der Waals surface area contributed by atoms with E-state index in [1.807, 2.05) is 32.0 Å². The second-order valence-corrected chi connectivity index (χ2v) is 8.07. The number of hydrogen-bond acceptors (Lipinski definition) is 4. The lowest BCUT2D eigenvalue weighted by Gasteiger charge is -2.22. The van der Waals surface area contributed by atoms with Crippen LogP contribution in [0.5, 0.6) is 0 Å². The highest BCUT2D eigenvalue weighted by atomic mass is 16.2. The molecule has 0 aliphatic heterocycles. The molecule has 3 N–H and O–H groups in total. The zero-order chi connectivity index (χ0) is 22.4. The summed E-state index contributed by atoms with van der Waals surface area (Å²) in [5, 5.41) is 8.58. The van der Waals surface area contributed by atoms with Gasteiger partial charge in [0, 0.05) is 43.0 Å². The smallest absolute Gasteiger partial charge is 0.238 e. The van der Waals surface area contributed by atoms with Gasteiger partial charge in [-0.2, -0.15) is 0 Å². The van der Waals surface area contributed by atoms with Crippen LogP contribution < -0.4 is 16.0 Å². The van der Waals surface area contributed by atoms with Gasteiger partial charge in [0.25, 0.3) is 0 Å². The molecule has 1 fully saturated rings. The Hall–Kier alpha value is -3.19. The molecular weight excluding hydrogens is 392 g/mol. The minimum atomic E-state index is -0.140. The Morgan fingerprint density at radius 1 is 0.871 bits per heavy atom. The molecule has 0 radical (unpaired) electrons. The number of benzene rings is 2. The molecule has 1 aliphatic carbocycles. The molecular formula is C24H30N4O3. The first-order valence-electron chi connectivity index (χ1n) is 10.6. The average molecular weight is 423 g/mol. The predicted octanol–water partition coefficient (Wildman–Crippen LogP) is 3.69. The monoisotopic (exact) mass is 422 g/mol. The van der Waals surface area contributed by atoms with Crippen molar-refractivity contribution in [2.45, 2.75) is 46.1 Å². The molecule has 2 aromatic rings. The first-order chi connectivity index (χ1) is 14.8. The molecule has 7 nitrogen and oxygen atoms in total. The van der Waals surface area contributed by atoms with E-state index in [-0.39, 0.29) is 24.3 Å². The van der Waals surface area contributed by atoms with Crippen LogP contribution >= 0.6 is 0 Å². The number of nitrogens with zero attached hydrogens (tertiary/aromatic N) is 1. The van der Waals surface area contributed by atoms with Crippen molar-refractivity contribution in [2.75, 3.05) is 29.0 Å². The molecule has 31 heavy (non-hydrogen) atoms. The van der Waals surface area contributed by atoms with Crippen molar-refractivity contribution < 1.29 is 14.4 Å². The zero-order valence-corrected chi connectivity index (χ0v) is 18.3. The highest BCUT2D eigenvalue weighted by Gasteiger charge is 2.30. The van der Waals surface area contributed by atoms with Gasteiger partial charge >= 0.3 is 0 Å². The molecule has 0 saturated heterocycles. The molecule has 2 aromatic carbocycles. The summed E-state index contributed by atoms with van der Waals surface area (Å²) < 4.78 is 0. The van der Waals surface area contributed by atoms with Crippen molar-refractivity contribution >= 4 is 34.8 Å². The first kappa shape index (κ1) is 22.5. The molecule has 3 rings (SSSR count). The van der Waals surface area contributed by atoms with Crippen molar-refractivity contribution in [2.24, 2.45) is 0 Å². The molecule has 164 valence electrons. The SMILES string of the molecule is CC(=O)Nc1ccc(NC(=O)CCN(CC(=O)Nc2c(C)cccc2C)C2CC2)cc1. The maximum Gasteiger partial charge on any atom is 0.238 e. The van der Waals surface area contributed by atoms with E-state index in [2.05, 4.69) is 20.9 Å². The van der Waals surface area contributed by atoms with Gasteiger partial charge in [0.15, 0.2) is 0 Å². The van der Waals surface area contributed by atoms with Gasteiger partial charge < -0.3 is 16.0 Å². The third-order valence-corrected chi connectivity index (χ3v) is 5.27. The Morgan fingerprint density at radius 3 is 2.00 bits per heavy atom. The Balaban J connectivity index is 1.49. The molecule has 1 aliphatic rings. The Bertz CT molecular complexity index is 932. The summed E-state index contributed by atoms with van der Waals surface area (Å²) in [4.78, 5) is 38.2. The van der Waals surface area contributed by atoms with Crippen molar-refractivity contribution in [1.29, 1.82) is 0 Å². The van der Waals surface area contributed by atoms with Gasteiger partial charge in [-0.15, -0.1) is 0 Å². The van der Waals surface area contributed by atoms with Crippen molar-refractivity contribution in [1.82, 2.24) is 4.90 Å². The summed E-state index contributed by atoms with van der Waals surface area (Å²) in [6, 6.07) is 13.3. The van der Waals surface area contributed by atoms with Gasteiger partial charge in [-0.1, -0.05) is 18.2 Å². The summed E-state index contributed by atoms with van der Waals surface area (Å²) >= 11 is 0. The largest absolute Gasteiger partial charge is 0.326 e. The number of hydrogen-bond donors (Lipinski definition) is 3. The van der Waals surface area contributed by atoms with Gasteiger partial charge in [-0.05, 0) is 62.1 Å². The minimum Gasteiger partial charge on any atom is -0.326 e. The summed E-state index contributed by atoms with van der Waals surface area (Å²) in [6.07, 6.45) is 2.42. The van der Waals surface area contributed by atoms with Crippen LogP contribution in [-0.2, 0) is 14.4 Å². The van der Waals surface area contributed by atoms with Crippen LogP contribution in [0.4, 0.5) is 17.1 Å². The fourth-order valence-corrected chi connectivity index (χ4v) is 3.51. The summed E-state index contributed by atoms with van der Waals surface area (Å²) in [5.41, 5.74) is 4.29. The number of carbonyl (C=O) groups excluding carboxylic acids is 3. The number of para-hydroxylation sites is 1. The topological polar surface area (TPSA) is 90.5 Å². The number of amides is 3. The maximum absolute atomic E-state index is 12.6. The van der Waals surface area contributed by atoms with Crippen LogP contribution in [0, 0.1) is 13.8 Å². The second-order valence-electron chi connectivity index (χ2n) is 8.07. The number of anilines is 3. The van der Waals surface area contributed by atoms with E-state index in [4.69, 9.17) is 0 Å². The van der Waals surface area contributed by atoms with Crippen LogP contribution in [0.2, 0.25) is 0 Å². The van der Waals surface area contributed by atoms with Gasteiger partial charge in [-0.25, -0.2) is 0 Å². The standard InChI is InChI=1S/C24H30N4O3/c1-16-5-4-6-17(2)24(16)27-23(31)15-28(21-11-12-21)14-13-22(30)26-20-9-7-19(8-10-20)25-18(3)29/h4-10,21H,11-15H2,1-3H3,(H,25,29)(H,26,30)(H,27,31). The maximum atomic E-state index is 12.6. The van der Waals surface area contributed by atoms with E-state index >= 15 is 0 Å². The fourth-order valence-electron chi connectivity index (χ4n) is 3.51. The van der Waals surface area contributed by atoms with E-state index < -0.39 is 0 Å². The van der Waals surface area contributed by atoms with Gasteiger partial charge in [0.1, 0.15) is 0 Å². The number of rotatable bonds is 9. The van der Waals surface area contributed by atoms with Gasteiger partial charge in [-0.3, -0.25) is 19.3 Å². The molecule has 0 atom stereocenters. The average Bonchev–Trinajstić information content (AvgIpc) is 3.54. The summed E-state index contributed by atoms with van der Waals surface area (Å²) in [7, 11) is 0. The minimum absolute atomic E-state index is 0.0572. The van der Waals surface area contributed by atoms with Crippen LogP contribution in [0.25, 0.3) is 0 Å². The molecule has 0 aromatic heterocycles. The lowest BCUT2D eigenvalue weighted by atomic mass is 10.1. The van der Waals surface area contributed by atoms with E-state index in [0.29, 0.717) is 30.4 Å². The fraction of sp³-hybridized carbons (Fsp3) is 0.375. The quantitative estimate of drug-likeness (QED) is 0.575. The Kier molecular flexibility index (Phi) is 7.41. The second kappa shape index (κ2) is 10.2. The van der Waals surface area contributed by atoms with Crippen LogP contribution in [0.15, 0.2) is 42.5 Å². The van der Waals surface area contributed by atoms with Crippen molar-refractivity contribution in [3.05, 3.63) is 53.6 Å². The first-order valence-corrected chi connectivity index (χ1v) is 10.6. The summed E-state index contributed by atoms with van der Waals surface area (Å²) in [5.74, 6) is -0.301.